The van der Waals surface area contributed by atoms with Gasteiger partial charge in [0.05, 0.1) is 32.2 Å². The zero-order valence-corrected chi connectivity index (χ0v) is 24.0. The van der Waals surface area contributed by atoms with Gasteiger partial charge in [0, 0.05) is 46.0 Å². The Hall–Kier alpha value is -3.53. The molecule has 42 heavy (non-hydrogen) atoms. The Labute approximate surface area is 242 Å². The summed E-state index contributed by atoms with van der Waals surface area (Å²) in [5.41, 5.74) is 0.183. The predicted molar refractivity (Wildman–Crippen MR) is 135 cm³/mol. The Morgan fingerprint density at radius 3 is 2.02 bits per heavy atom. The molecule has 0 bridgehead atoms. The number of methoxy groups -OCH3 is 1. The van der Waals surface area contributed by atoms with Crippen molar-refractivity contribution in [1.82, 2.24) is 0 Å². The summed E-state index contributed by atoms with van der Waals surface area (Å²) in [6, 6.07) is 0. The summed E-state index contributed by atoms with van der Waals surface area (Å²) in [6.07, 6.45) is -5.88. The monoisotopic (exact) mass is 600 g/mol. The van der Waals surface area contributed by atoms with E-state index in [0.717, 1.165) is 27.7 Å². The van der Waals surface area contributed by atoms with E-state index >= 15 is 0 Å². The highest BCUT2D eigenvalue weighted by Gasteiger charge is 2.54. The van der Waals surface area contributed by atoms with Gasteiger partial charge in [0.15, 0.2) is 24.6 Å². The lowest BCUT2D eigenvalue weighted by Crippen LogP contribution is -2.63. The van der Waals surface area contributed by atoms with E-state index in [0.29, 0.717) is 13.2 Å². The maximum Gasteiger partial charge on any atom is 0.337 e. The van der Waals surface area contributed by atoms with Crippen molar-refractivity contribution in [2.24, 2.45) is 11.8 Å². The molecule has 0 amide bonds. The highest BCUT2D eigenvalue weighted by Crippen LogP contribution is 2.39. The van der Waals surface area contributed by atoms with Crippen LogP contribution in [-0.4, -0.2) is 100 Å². The predicted octanol–water partition coefficient (Wildman–Crippen LogP) is 0.681. The van der Waals surface area contributed by atoms with Crippen LogP contribution in [-0.2, 0) is 71.3 Å². The van der Waals surface area contributed by atoms with Gasteiger partial charge >= 0.3 is 29.8 Å². The van der Waals surface area contributed by atoms with Gasteiger partial charge in [-0.2, -0.15) is 0 Å². The van der Waals surface area contributed by atoms with Gasteiger partial charge in [0.25, 0.3) is 0 Å². The number of ether oxygens (including phenoxy) is 10. The lowest BCUT2D eigenvalue weighted by Gasteiger charge is -2.46. The smallest absolute Gasteiger partial charge is 0.337 e. The summed E-state index contributed by atoms with van der Waals surface area (Å²) in [7, 11) is 1.23. The van der Waals surface area contributed by atoms with Crippen LogP contribution in [0.2, 0.25) is 0 Å². The summed E-state index contributed by atoms with van der Waals surface area (Å²) >= 11 is 0. The summed E-state index contributed by atoms with van der Waals surface area (Å²) in [5.74, 6) is -4.98. The lowest BCUT2D eigenvalue weighted by molar-refractivity contribution is -0.342. The van der Waals surface area contributed by atoms with Crippen LogP contribution in [0.3, 0.4) is 0 Å². The minimum Gasteiger partial charge on any atom is -0.471 e. The van der Waals surface area contributed by atoms with Crippen LogP contribution in [0.25, 0.3) is 0 Å². The molecule has 3 heterocycles. The largest absolute Gasteiger partial charge is 0.471 e. The van der Waals surface area contributed by atoms with Gasteiger partial charge in [-0.05, 0) is 0 Å². The minimum atomic E-state index is -1.51. The first-order chi connectivity index (χ1) is 19.9. The van der Waals surface area contributed by atoms with Gasteiger partial charge in [0.1, 0.15) is 12.7 Å². The third-order valence-electron chi connectivity index (χ3n) is 6.55. The molecule has 2 saturated heterocycles. The van der Waals surface area contributed by atoms with E-state index in [1.165, 1.54) is 19.4 Å². The second kappa shape index (κ2) is 15.1. The number of hydrogen-bond acceptors (Lipinski definition) is 15. The third-order valence-corrected chi connectivity index (χ3v) is 6.55. The Morgan fingerprint density at radius 1 is 0.881 bits per heavy atom. The van der Waals surface area contributed by atoms with E-state index in [1.807, 2.05) is 0 Å². The molecule has 0 aromatic carbocycles. The molecule has 0 aromatic heterocycles. The highest BCUT2D eigenvalue weighted by molar-refractivity contribution is 5.89. The highest BCUT2D eigenvalue weighted by atomic mass is 16.8. The van der Waals surface area contributed by atoms with Gasteiger partial charge in [-0.1, -0.05) is 6.08 Å². The first-order valence-electron chi connectivity index (χ1n) is 13.2. The van der Waals surface area contributed by atoms with Gasteiger partial charge in [0.2, 0.25) is 12.6 Å². The van der Waals surface area contributed by atoms with Crippen molar-refractivity contribution >= 4 is 29.8 Å². The molecule has 8 atom stereocenters. The minimum absolute atomic E-state index is 0.183. The number of rotatable bonds is 11. The van der Waals surface area contributed by atoms with Crippen LogP contribution in [0, 0.1) is 11.8 Å². The Morgan fingerprint density at radius 2 is 1.48 bits per heavy atom. The molecule has 3 rings (SSSR count). The summed E-state index contributed by atoms with van der Waals surface area (Å²) in [5, 5.41) is 0. The molecule has 3 aliphatic heterocycles. The molecule has 0 aromatic rings. The standard InChI is InChI=1S/C27H36O15/c1-7-17-18(10-21-34-8-9-35-21)19(25(32)33-6)11-37-26(17)42-27-24(40-16(5)31)23(39-15(4)30)22(38-14(3)29)20(41-27)12-36-13(2)28/h7,11,17-18,20-24,26-27H,1,8-10,12H2,2-6H3/t17-,18+,20+,22+,23-,24+,26+,27-/m1/s1. The van der Waals surface area contributed by atoms with E-state index in [4.69, 9.17) is 47.4 Å². The fourth-order valence-corrected chi connectivity index (χ4v) is 4.90. The lowest BCUT2D eigenvalue weighted by atomic mass is 9.81. The molecular weight excluding hydrogens is 564 g/mol. The molecule has 15 heteroatoms. The van der Waals surface area contributed by atoms with Crippen LogP contribution in [0.1, 0.15) is 34.1 Å². The summed E-state index contributed by atoms with van der Waals surface area (Å²) in [6.45, 7) is 8.71. The van der Waals surface area contributed by atoms with Gasteiger partial charge < -0.3 is 47.4 Å². The number of carbonyl (C=O) groups excluding carboxylic acids is 5. The molecule has 0 spiro atoms. The maximum atomic E-state index is 12.6. The molecule has 2 fully saturated rings. The van der Waals surface area contributed by atoms with Crippen molar-refractivity contribution in [2.45, 2.75) is 77.4 Å². The second-order valence-electron chi connectivity index (χ2n) is 9.60. The van der Waals surface area contributed by atoms with Crippen LogP contribution in [0.15, 0.2) is 24.5 Å². The number of esters is 5. The fourth-order valence-electron chi connectivity index (χ4n) is 4.90. The molecule has 0 radical (unpaired) electrons. The van der Waals surface area contributed by atoms with Gasteiger partial charge in [-0.3, -0.25) is 19.2 Å². The SMILES string of the molecule is C=C[C@H]1[C@H](O[C@H]2O[C@@H](COC(C)=O)[C@H](OC(C)=O)[C@@H](OC(C)=O)[C@@H]2OC(C)=O)OC=C(C(=O)OC)[C@H]1CC1OCCO1. The molecular formula is C27H36O15. The first-order valence-corrected chi connectivity index (χ1v) is 13.2. The topological polar surface area (TPSA) is 178 Å². The fraction of sp³-hybridized carbons (Fsp3) is 0.667. The van der Waals surface area contributed by atoms with Crippen molar-refractivity contribution < 1.29 is 71.3 Å². The normalized spacial score (nSPS) is 31.1. The van der Waals surface area contributed by atoms with E-state index in [2.05, 4.69) is 6.58 Å². The average Bonchev–Trinajstić information content (AvgIpc) is 3.43. The van der Waals surface area contributed by atoms with Crippen molar-refractivity contribution in [1.29, 1.82) is 0 Å². The van der Waals surface area contributed by atoms with Crippen LogP contribution >= 0.6 is 0 Å². The van der Waals surface area contributed by atoms with Crippen molar-refractivity contribution in [3.05, 3.63) is 24.5 Å². The molecule has 0 N–H and O–H groups in total. The van der Waals surface area contributed by atoms with Crippen LogP contribution in [0.4, 0.5) is 0 Å². The average molecular weight is 601 g/mol. The van der Waals surface area contributed by atoms with Crippen molar-refractivity contribution in [3.8, 4) is 0 Å². The summed E-state index contributed by atoms with van der Waals surface area (Å²) < 4.78 is 55.4. The number of carbonyl (C=O) groups is 5. The molecule has 0 unspecified atom stereocenters. The van der Waals surface area contributed by atoms with E-state index in [1.54, 1.807) is 0 Å². The van der Waals surface area contributed by atoms with Crippen molar-refractivity contribution in [2.75, 3.05) is 26.9 Å². The van der Waals surface area contributed by atoms with E-state index in [-0.39, 0.29) is 12.0 Å². The van der Waals surface area contributed by atoms with Gasteiger partial charge in [-0.15, -0.1) is 6.58 Å². The molecule has 15 nitrogen and oxygen atoms in total. The first kappa shape index (κ1) is 33.0. The molecule has 0 saturated carbocycles. The Bertz CT molecular complexity index is 1050. The van der Waals surface area contributed by atoms with Crippen LogP contribution < -0.4 is 0 Å². The molecule has 234 valence electrons. The second-order valence-corrected chi connectivity index (χ2v) is 9.60. The van der Waals surface area contributed by atoms with E-state index in [9.17, 15) is 24.0 Å². The Kier molecular flexibility index (Phi) is 11.8. The molecule has 0 aliphatic carbocycles. The zero-order chi connectivity index (χ0) is 31.0. The summed E-state index contributed by atoms with van der Waals surface area (Å²) in [4.78, 5) is 60.4. The van der Waals surface area contributed by atoms with Gasteiger partial charge in [-0.25, -0.2) is 4.79 Å². The Balaban J connectivity index is 1.98. The van der Waals surface area contributed by atoms with E-state index < -0.39 is 91.6 Å². The van der Waals surface area contributed by atoms with Crippen LogP contribution in [0.5, 0.6) is 0 Å². The zero-order valence-electron chi connectivity index (χ0n) is 24.0. The maximum absolute atomic E-state index is 12.6. The number of hydrogen-bond donors (Lipinski definition) is 0. The van der Waals surface area contributed by atoms with Crippen molar-refractivity contribution in [3.63, 3.8) is 0 Å². The molecule has 3 aliphatic rings. The quantitative estimate of drug-likeness (QED) is 0.184. The third kappa shape index (κ3) is 8.50.